The molecule has 0 saturated carbocycles. The molecule has 0 aliphatic rings. The molecule has 0 aliphatic heterocycles. The molecule has 3 rings (SSSR count). The first-order chi connectivity index (χ1) is 9.76. The molecule has 0 bridgehead atoms. The molecule has 0 aliphatic carbocycles. The summed E-state index contributed by atoms with van der Waals surface area (Å²) in [4.78, 5) is 4.57. The van der Waals surface area contributed by atoms with Crippen LogP contribution < -0.4 is 4.74 Å². The predicted octanol–water partition coefficient (Wildman–Crippen LogP) is 5.53. The standard InChI is InChI=1S/C15H11Br2NOS/c16-8-10-7-11(17)5-6-13(10)19-9-15-18-12-3-1-2-4-14(12)20-15/h1-7H,8-9H2. The number of thiazole rings is 1. The zero-order valence-electron chi connectivity index (χ0n) is 10.5. The fourth-order valence-electron chi connectivity index (χ4n) is 1.91. The number of ether oxygens (including phenoxy) is 1. The SMILES string of the molecule is BrCc1cc(Br)ccc1OCc1nc2ccccc2s1. The van der Waals surface area contributed by atoms with Gasteiger partial charge in [-0.25, -0.2) is 4.98 Å². The van der Waals surface area contributed by atoms with Crippen LogP contribution in [0, 0.1) is 0 Å². The maximum absolute atomic E-state index is 5.90. The molecule has 1 aromatic heterocycles. The van der Waals surface area contributed by atoms with Gasteiger partial charge in [0.15, 0.2) is 0 Å². The van der Waals surface area contributed by atoms with Crippen LogP contribution >= 0.6 is 43.2 Å². The van der Waals surface area contributed by atoms with Gasteiger partial charge >= 0.3 is 0 Å². The molecule has 0 fully saturated rings. The maximum atomic E-state index is 5.90. The van der Waals surface area contributed by atoms with E-state index < -0.39 is 0 Å². The van der Waals surface area contributed by atoms with Crippen LogP contribution in [0.25, 0.3) is 10.2 Å². The molecule has 0 N–H and O–H groups in total. The van der Waals surface area contributed by atoms with E-state index in [4.69, 9.17) is 4.74 Å². The minimum atomic E-state index is 0.501. The highest BCUT2D eigenvalue weighted by Crippen LogP contribution is 2.27. The Bertz CT molecular complexity index is 709. The number of halogens is 2. The quantitative estimate of drug-likeness (QED) is 0.525. The summed E-state index contributed by atoms with van der Waals surface area (Å²) in [5.74, 6) is 0.893. The molecule has 2 nitrogen and oxygen atoms in total. The van der Waals surface area contributed by atoms with E-state index in [-0.39, 0.29) is 0 Å². The fraction of sp³-hybridized carbons (Fsp3) is 0.133. The lowest BCUT2D eigenvalue weighted by Crippen LogP contribution is -1.97. The highest BCUT2D eigenvalue weighted by atomic mass is 79.9. The largest absolute Gasteiger partial charge is 0.486 e. The molecule has 0 saturated heterocycles. The number of aromatic nitrogens is 1. The van der Waals surface area contributed by atoms with Gasteiger partial charge in [0, 0.05) is 15.4 Å². The summed E-state index contributed by atoms with van der Waals surface area (Å²) in [5, 5.41) is 1.76. The molecule has 0 spiro atoms. The van der Waals surface area contributed by atoms with Gasteiger partial charge in [0.1, 0.15) is 17.4 Å². The molecule has 0 amide bonds. The van der Waals surface area contributed by atoms with Gasteiger partial charge in [0.2, 0.25) is 0 Å². The second-order valence-electron chi connectivity index (χ2n) is 4.25. The Labute approximate surface area is 138 Å². The first-order valence-electron chi connectivity index (χ1n) is 6.08. The molecule has 3 aromatic rings. The second-order valence-corrected chi connectivity index (χ2v) is 6.84. The summed E-state index contributed by atoms with van der Waals surface area (Å²) in [6.45, 7) is 0.501. The van der Waals surface area contributed by atoms with E-state index in [1.165, 1.54) is 4.70 Å². The van der Waals surface area contributed by atoms with E-state index in [1.807, 2.05) is 30.3 Å². The molecule has 102 valence electrons. The van der Waals surface area contributed by atoms with Crippen molar-refractivity contribution in [2.45, 2.75) is 11.9 Å². The van der Waals surface area contributed by atoms with Crippen LogP contribution in [0.15, 0.2) is 46.9 Å². The molecule has 20 heavy (non-hydrogen) atoms. The first kappa shape index (κ1) is 14.0. The van der Waals surface area contributed by atoms with Gasteiger partial charge in [-0.05, 0) is 30.3 Å². The lowest BCUT2D eigenvalue weighted by atomic mass is 10.2. The van der Waals surface area contributed by atoms with E-state index >= 15 is 0 Å². The van der Waals surface area contributed by atoms with Gasteiger partial charge in [-0.15, -0.1) is 11.3 Å². The molecule has 5 heteroatoms. The number of alkyl halides is 1. The maximum Gasteiger partial charge on any atom is 0.140 e. The minimum Gasteiger partial charge on any atom is -0.486 e. The monoisotopic (exact) mass is 411 g/mol. The van der Waals surface area contributed by atoms with Crippen LogP contribution in [-0.4, -0.2) is 4.98 Å². The number of benzene rings is 2. The van der Waals surface area contributed by atoms with Crippen molar-refractivity contribution in [3.8, 4) is 5.75 Å². The number of hydrogen-bond donors (Lipinski definition) is 0. The smallest absolute Gasteiger partial charge is 0.140 e. The van der Waals surface area contributed by atoms with Crippen LogP contribution in [0.2, 0.25) is 0 Å². The fourth-order valence-corrected chi connectivity index (χ4v) is 3.64. The summed E-state index contributed by atoms with van der Waals surface area (Å²) in [7, 11) is 0. The Kier molecular flexibility index (Phi) is 4.38. The molecular formula is C15H11Br2NOS. The van der Waals surface area contributed by atoms with Crippen LogP contribution in [0.4, 0.5) is 0 Å². The van der Waals surface area contributed by atoms with Gasteiger partial charge in [0.25, 0.3) is 0 Å². The zero-order chi connectivity index (χ0) is 13.9. The van der Waals surface area contributed by atoms with E-state index in [1.54, 1.807) is 11.3 Å². The van der Waals surface area contributed by atoms with Crippen LogP contribution in [0.3, 0.4) is 0 Å². The second kappa shape index (κ2) is 6.24. The van der Waals surface area contributed by atoms with Crippen LogP contribution in [-0.2, 0) is 11.9 Å². The molecular weight excluding hydrogens is 402 g/mol. The van der Waals surface area contributed by atoms with Gasteiger partial charge in [-0.1, -0.05) is 44.0 Å². The van der Waals surface area contributed by atoms with Crippen molar-refractivity contribution in [3.63, 3.8) is 0 Å². The van der Waals surface area contributed by atoms with Crippen molar-refractivity contribution >= 4 is 53.4 Å². The van der Waals surface area contributed by atoms with E-state index in [9.17, 15) is 0 Å². The Hall–Kier alpha value is -0.910. The number of fused-ring (bicyclic) bond motifs is 1. The van der Waals surface area contributed by atoms with Crippen molar-refractivity contribution in [2.75, 3.05) is 0 Å². The highest BCUT2D eigenvalue weighted by molar-refractivity contribution is 9.10. The van der Waals surface area contributed by atoms with Gasteiger partial charge in [-0.3, -0.25) is 0 Å². The van der Waals surface area contributed by atoms with Crippen molar-refractivity contribution in [1.82, 2.24) is 4.98 Å². The van der Waals surface area contributed by atoms with E-state index in [0.29, 0.717) is 6.61 Å². The highest BCUT2D eigenvalue weighted by Gasteiger charge is 2.07. The predicted molar refractivity (Wildman–Crippen MR) is 90.7 cm³/mol. The lowest BCUT2D eigenvalue weighted by Gasteiger charge is -2.09. The van der Waals surface area contributed by atoms with Gasteiger partial charge in [-0.2, -0.15) is 0 Å². The number of para-hydroxylation sites is 1. The number of nitrogens with zero attached hydrogens (tertiary/aromatic N) is 1. The van der Waals surface area contributed by atoms with Crippen LogP contribution in [0.5, 0.6) is 5.75 Å². The van der Waals surface area contributed by atoms with E-state index in [0.717, 1.165) is 31.6 Å². The Morgan fingerprint density at radius 3 is 2.80 bits per heavy atom. The van der Waals surface area contributed by atoms with Crippen molar-refractivity contribution in [3.05, 3.63) is 57.5 Å². The molecule has 0 unspecified atom stereocenters. The topological polar surface area (TPSA) is 22.1 Å². The molecule has 0 atom stereocenters. The normalized spacial score (nSPS) is 10.9. The minimum absolute atomic E-state index is 0.501. The molecule has 2 aromatic carbocycles. The van der Waals surface area contributed by atoms with E-state index in [2.05, 4.69) is 49.0 Å². The number of rotatable bonds is 4. The summed E-state index contributed by atoms with van der Waals surface area (Å²) in [5.41, 5.74) is 2.16. The van der Waals surface area contributed by atoms with Crippen LogP contribution in [0.1, 0.15) is 10.6 Å². The Balaban J connectivity index is 1.79. The zero-order valence-corrected chi connectivity index (χ0v) is 14.5. The Morgan fingerprint density at radius 2 is 2.00 bits per heavy atom. The van der Waals surface area contributed by atoms with Crippen molar-refractivity contribution in [2.24, 2.45) is 0 Å². The lowest BCUT2D eigenvalue weighted by molar-refractivity contribution is 0.303. The average molecular weight is 413 g/mol. The van der Waals surface area contributed by atoms with Crippen molar-refractivity contribution in [1.29, 1.82) is 0 Å². The van der Waals surface area contributed by atoms with Crippen molar-refractivity contribution < 1.29 is 4.74 Å². The summed E-state index contributed by atoms with van der Waals surface area (Å²) >= 11 is 8.63. The molecule has 1 heterocycles. The third-order valence-electron chi connectivity index (χ3n) is 2.86. The number of hydrogen-bond acceptors (Lipinski definition) is 3. The first-order valence-corrected chi connectivity index (χ1v) is 8.81. The van der Waals surface area contributed by atoms with Gasteiger partial charge < -0.3 is 4.74 Å². The summed E-state index contributed by atoms with van der Waals surface area (Å²) in [6.07, 6.45) is 0. The Morgan fingerprint density at radius 1 is 1.15 bits per heavy atom. The third-order valence-corrected chi connectivity index (χ3v) is 4.96. The van der Waals surface area contributed by atoms with Gasteiger partial charge in [0.05, 0.1) is 10.2 Å². The summed E-state index contributed by atoms with van der Waals surface area (Å²) < 4.78 is 8.15. The molecule has 0 radical (unpaired) electrons. The third kappa shape index (κ3) is 3.05. The summed E-state index contributed by atoms with van der Waals surface area (Å²) in [6, 6.07) is 14.2. The average Bonchev–Trinajstić information content (AvgIpc) is 2.88.